The Morgan fingerprint density at radius 2 is 0.400 bits per heavy atom. The number of nitrogens with one attached hydrogen (secondary N) is 4. The molecule has 8 heteroatoms. The van der Waals surface area contributed by atoms with Crippen LogP contribution in [0.1, 0.15) is 82.1 Å². The number of aryl methyl sites for hydroxylation is 3. The van der Waals surface area contributed by atoms with Crippen molar-refractivity contribution in [2.75, 3.05) is 21.3 Å². The first kappa shape index (κ1) is 89.3. The second kappa shape index (κ2) is 41.2. The maximum atomic E-state index is 3.48. The van der Waals surface area contributed by atoms with E-state index in [-0.39, 0.29) is 0 Å². The van der Waals surface area contributed by atoms with E-state index in [9.17, 15) is 0 Å². The van der Waals surface area contributed by atoms with E-state index in [2.05, 4.69) is 487 Å². The monoisotopic (exact) mass is 1810 g/mol. The van der Waals surface area contributed by atoms with Crippen LogP contribution in [0.25, 0.3) is 154 Å². The van der Waals surface area contributed by atoms with E-state index in [0.717, 1.165) is 71.2 Å². The zero-order valence-corrected chi connectivity index (χ0v) is 79.8. The molecule has 8 nitrogen and oxygen atoms in total. The molecule has 0 radical (unpaired) electrons. The van der Waals surface area contributed by atoms with Crippen molar-refractivity contribution in [3.05, 3.63) is 508 Å². The first-order valence-corrected chi connectivity index (χ1v) is 49.3. The topological polar surface area (TPSA) is 67.8 Å². The van der Waals surface area contributed by atoms with Crippen molar-refractivity contribution in [2.24, 2.45) is 0 Å². The molecule has 0 aliphatic rings. The molecule has 0 spiro atoms. The lowest BCUT2D eigenvalue weighted by atomic mass is 9.99. The van der Waals surface area contributed by atoms with Crippen LogP contribution < -0.4 is 21.3 Å². The van der Waals surface area contributed by atoms with Crippen molar-refractivity contribution < 1.29 is 0 Å². The summed E-state index contributed by atoms with van der Waals surface area (Å²) in [6.07, 6.45) is 6.84. The molecular weight excluding hydrogens is 1700 g/mol. The highest BCUT2D eigenvalue weighted by Gasteiger charge is 2.21. The lowest BCUT2D eigenvalue weighted by molar-refractivity contribution is 0.796. The van der Waals surface area contributed by atoms with E-state index < -0.39 is 0 Å². The number of rotatable bonds is 23. The molecule has 24 rings (SSSR count). The zero-order valence-electron chi connectivity index (χ0n) is 79.8. The highest BCUT2D eigenvalue weighted by atomic mass is 15.0. The average molecular weight is 1810 g/mol. The summed E-state index contributed by atoms with van der Waals surface area (Å²) in [5.74, 6) is 0.488. The van der Waals surface area contributed by atoms with Crippen molar-refractivity contribution >= 4 is 133 Å². The van der Waals surface area contributed by atoms with E-state index in [1.807, 2.05) is 72.8 Å². The van der Waals surface area contributed by atoms with Gasteiger partial charge in [0.15, 0.2) is 0 Å². The summed E-state index contributed by atoms with van der Waals surface area (Å²) in [6.45, 7) is 11.2. The Hall–Kier alpha value is -17.2. The predicted octanol–water partition coefficient (Wildman–Crippen LogP) is 36.8. The molecule has 0 saturated heterocycles. The van der Waals surface area contributed by atoms with E-state index in [4.69, 9.17) is 0 Å². The minimum atomic E-state index is 0.488. The number of unbranched alkanes of at least 4 members (excludes halogenated alkanes) is 1. The lowest BCUT2D eigenvalue weighted by Gasteiger charge is -2.09. The average Bonchev–Trinajstić information content (AvgIpc) is 1.53. The van der Waals surface area contributed by atoms with E-state index in [0.29, 0.717) is 5.92 Å². The van der Waals surface area contributed by atoms with Crippen LogP contribution in [0.2, 0.25) is 0 Å². The smallest absolute Gasteiger partial charge is 0.0541 e. The van der Waals surface area contributed by atoms with Gasteiger partial charge < -0.3 is 39.5 Å². The molecule has 0 aliphatic carbocycles. The second-order valence-corrected chi connectivity index (χ2v) is 36.6. The molecule has 680 valence electrons. The molecule has 0 fully saturated rings. The molecule has 24 aromatic rings. The van der Waals surface area contributed by atoms with Crippen molar-refractivity contribution in [1.82, 2.24) is 18.3 Å². The van der Waals surface area contributed by atoms with Crippen molar-refractivity contribution in [2.45, 2.75) is 79.1 Å². The van der Waals surface area contributed by atoms with Gasteiger partial charge in [-0.05, 0) is 341 Å². The number of hydrogen-bond acceptors (Lipinski definition) is 4. The number of anilines is 8. The number of aromatic nitrogens is 4. The van der Waals surface area contributed by atoms with Gasteiger partial charge in [-0.25, -0.2) is 0 Å². The van der Waals surface area contributed by atoms with E-state index in [1.165, 1.54) is 190 Å². The van der Waals surface area contributed by atoms with Crippen LogP contribution >= 0.6 is 0 Å². The molecule has 4 aromatic heterocycles. The largest absolute Gasteiger partial charge is 0.356 e. The first-order chi connectivity index (χ1) is 69.1. The maximum absolute atomic E-state index is 3.48. The zero-order chi connectivity index (χ0) is 94.6. The van der Waals surface area contributed by atoms with Gasteiger partial charge in [0.05, 0.1) is 44.1 Å². The number of benzene rings is 20. The Kier molecular flexibility index (Phi) is 26.3. The van der Waals surface area contributed by atoms with Gasteiger partial charge >= 0.3 is 0 Å². The SMILES string of the molecule is CC(C)c1ccc2c(c1)c1cc(-c3ccc(Nc4ccccc4)cc3)ccc1n2-c1ccccc1.CCCCc1ccc2c(c1)c1cc(-c3ccc(Nc4ccccc4)cc3)ccc1n2-c1ccccc1.CCCc1ccc2c(c1)c1cc(-c3ccc(Nc4ccccc4)cc3)ccc1n2-c1ccccc1.CCc1ccc2c(c1)c1cc(-c3ccc(Nc4ccccc4)cc3)ccc1n2-c1ccccc1. The molecular formula is C132H112N8. The quantitative estimate of drug-likeness (QED) is 0.0515. The molecule has 0 aliphatic heterocycles. The fourth-order valence-corrected chi connectivity index (χ4v) is 19.7. The summed E-state index contributed by atoms with van der Waals surface area (Å²) >= 11 is 0. The summed E-state index contributed by atoms with van der Waals surface area (Å²) in [5, 5.41) is 24.3. The molecule has 0 atom stereocenters. The van der Waals surface area contributed by atoms with Gasteiger partial charge in [-0.15, -0.1) is 0 Å². The minimum Gasteiger partial charge on any atom is -0.356 e. The van der Waals surface area contributed by atoms with Crippen LogP contribution in [-0.4, -0.2) is 18.3 Å². The fourth-order valence-electron chi connectivity index (χ4n) is 19.7. The van der Waals surface area contributed by atoms with Crippen molar-refractivity contribution in [3.8, 4) is 67.3 Å². The fraction of sp³-hybridized carbons (Fsp3) is 0.0909. The van der Waals surface area contributed by atoms with Gasteiger partial charge in [-0.3, -0.25) is 0 Å². The molecule has 0 saturated carbocycles. The molecule has 0 amide bonds. The van der Waals surface area contributed by atoms with Gasteiger partial charge in [-0.2, -0.15) is 0 Å². The van der Waals surface area contributed by atoms with Gasteiger partial charge in [0, 0.05) is 111 Å². The number of hydrogen-bond donors (Lipinski definition) is 4. The third-order valence-electron chi connectivity index (χ3n) is 26.9. The predicted molar refractivity (Wildman–Crippen MR) is 600 cm³/mol. The maximum Gasteiger partial charge on any atom is 0.0541 e. The van der Waals surface area contributed by atoms with Crippen LogP contribution in [0.15, 0.2) is 485 Å². The Morgan fingerprint density at radius 1 is 0.186 bits per heavy atom. The molecule has 4 heterocycles. The summed E-state index contributed by atoms with van der Waals surface area (Å²) in [6, 6.07) is 174. The summed E-state index contributed by atoms with van der Waals surface area (Å²) in [7, 11) is 0. The minimum absolute atomic E-state index is 0.488. The molecule has 4 N–H and O–H groups in total. The second-order valence-electron chi connectivity index (χ2n) is 36.6. The van der Waals surface area contributed by atoms with E-state index in [1.54, 1.807) is 0 Å². The van der Waals surface area contributed by atoms with Crippen molar-refractivity contribution in [1.29, 1.82) is 0 Å². The first-order valence-electron chi connectivity index (χ1n) is 49.3. The normalized spacial score (nSPS) is 11.3. The van der Waals surface area contributed by atoms with E-state index >= 15 is 0 Å². The summed E-state index contributed by atoms with van der Waals surface area (Å²) < 4.78 is 9.54. The van der Waals surface area contributed by atoms with Gasteiger partial charge in [0.1, 0.15) is 0 Å². The third kappa shape index (κ3) is 19.3. The van der Waals surface area contributed by atoms with Crippen LogP contribution in [-0.2, 0) is 19.3 Å². The third-order valence-corrected chi connectivity index (χ3v) is 26.9. The van der Waals surface area contributed by atoms with Crippen LogP contribution in [0.4, 0.5) is 45.5 Å². The Balaban J connectivity index is 0.000000111. The summed E-state index contributed by atoms with van der Waals surface area (Å²) in [5.41, 5.74) is 38.8. The highest BCUT2D eigenvalue weighted by Crippen LogP contribution is 2.43. The molecule has 20 aromatic carbocycles. The molecule has 0 unspecified atom stereocenters. The number of nitrogens with zero attached hydrogens (tertiary/aromatic N) is 4. The van der Waals surface area contributed by atoms with Crippen LogP contribution in [0.5, 0.6) is 0 Å². The Bertz CT molecular complexity index is 8380. The molecule has 0 bridgehead atoms. The van der Waals surface area contributed by atoms with Crippen LogP contribution in [0.3, 0.4) is 0 Å². The van der Waals surface area contributed by atoms with Gasteiger partial charge in [-0.1, -0.05) is 290 Å². The highest BCUT2D eigenvalue weighted by molar-refractivity contribution is 6.14. The Morgan fingerprint density at radius 3 is 0.657 bits per heavy atom. The van der Waals surface area contributed by atoms with Gasteiger partial charge in [0.25, 0.3) is 0 Å². The number of para-hydroxylation sites is 8. The lowest BCUT2D eigenvalue weighted by Crippen LogP contribution is -1.93. The number of fused-ring (bicyclic) bond motifs is 12. The summed E-state index contributed by atoms with van der Waals surface area (Å²) in [4.78, 5) is 0. The molecule has 140 heavy (non-hydrogen) atoms. The Labute approximate surface area is 820 Å². The van der Waals surface area contributed by atoms with Crippen molar-refractivity contribution in [3.63, 3.8) is 0 Å². The standard InChI is InChI=1S/C34H30N2.2C33H28N2.C32H26N2/c1-2-3-10-25-15-21-33-31(23-25)32-24-27(18-22-34(32)36(33)30-13-8-5-9-14-30)26-16-19-29(20-17-26)35-28-11-6-4-7-12-28;1-23(2)25-15-19-32-30(21-25)31-22-26(16-20-33(31)35(32)29-11-7-4-8-12-29)24-13-17-28(18-14-24)34-27-9-5-3-6-10-27;1-2-9-24-14-20-32-30(22-24)31-23-26(17-21-33(31)35(32)29-12-7-4-8-13-29)25-15-18-28(19-16-25)34-27-10-5-3-6-11-27;1-2-23-13-19-31-29(21-23)30-22-25(16-20-32(30)34(31)28-11-7-4-8-12-28)24-14-17-27(18-15-24)33-26-9-5-3-6-10-26/h4-9,11-24,35H,2-3,10H2,1H3;3-23,34H,1-2H3;3-8,10-23,34H,2,9H2,1H3;3-22,33H,2H2,1H3. The van der Waals surface area contributed by atoms with Crippen LogP contribution in [0, 0.1) is 0 Å². The van der Waals surface area contributed by atoms with Gasteiger partial charge in [0.2, 0.25) is 0 Å².